The second-order valence-electron chi connectivity index (χ2n) is 7.22. The number of hydrogen-bond acceptors (Lipinski definition) is 4. The molecule has 6 heteroatoms. The summed E-state index contributed by atoms with van der Waals surface area (Å²) in [6, 6.07) is 16.6. The Morgan fingerprint density at radius 2 is 1.82 bits per heavy atom. The molecular formula is C22H21N3O3. The maximum atomic E-state index is 12.8. The van der Waals surface area contributed by atoms with Gasteiger partial charge >= 0.3 is 6.09 Å². The fraction of sp³-hybridized carbons (Fsp3) is 0.273. The van der Waals surface area contributed by atoms with E-state index in [1.165, 1.54) is 22.3 Å². The first-order valence-corrected chi connectivity index (χ1v) is 9.57. The molecule has 0 fully saturated rings. The first kappa shape index (κ1) is 17.0. The number of nitrogens with zero attached hydrogens (tertiary/aromatic N) is 2. The number of amides is 1. The maximum Gasteiger partial charge on any atom is 0.415 e. The van der Waals surface area contributed by atoms with Crippen molar-refractivity contribution in [2.24, 2.45) is 0 Å². The summed E-state index contributed by atoms with van der Waals surface area (Å²) in [5.41, 5.74) is 6.38. The quantitative estimate of drug-likeness (QED) is 0.733. The molecule has 2 N–H and O–H groups in total. The van der Waals surface area contributed by atoms with Gasteiger partial charge < -0.3 is 9.84 Å². The highest BCUT2D eigenvalue weighted by molar-refractivity contribution is 5.88. The number of carbonyl (C=O) groups excluding carboxylic acids is 1. The topological polar surface area (TPSA) is 78.5 Å². The van der Waals surface area contributed by atoms with E-state index in [2.05, 4.69) is 34.5 Å². The van der Waals surface area contributed by atoms with Gasteiger partial charge in [0.2, 0.25) is 0 Å². The zero-order valence-corrected chi connectivity index (χ0v) is 15.4. The van der Waals surface area contributed by atoms with Crippen LogP contribution in [0, 0.1) is 0 Å². The van der Waals surface area contributed by atoms with E-state index in [1.54, 1.807) is 4.90 Å². The van der Waals surface area contributed by atoms with Crippen molar-refractivity contribution in [3.8, 4) is 11.1 Å². The number of aromatic nitrogens is 2. The second-order valence-corrected chi connectivity index (χ2v) is 7.22. The number of benzene rings is 2. The van der Waals surface area contributed by atoms with Crippen LogP contribution in [0.3, 0.4) is 0 Å². The van der Waals surface area contributed by atoms with Gasteiger partial charge in [-0.3, -0.25) is 10.00 Å². The fourth-order valence-corrected chi connectivity index (χ4v) is 4.38. The van der Waals surface area contributed by atoms with Crippen molar-refractivity contribution in [1.82, 2.24) is 10.2 Å². The lowest BCUT2D eigenvalue weighted by Gasteiger charge is -2.26. The van der Waals surface area contributed by atoms with Gasteiger partial charge in [0.05, 0.1) is 12.3 Å². The summed E-state index contributed by atoms with van der Waals surface area (Å²) >= 11 is 0. The van der Waals surface area contributed by atoms with E-state index in [0.717, 1.165) is 18.4 Å². The second kappa shape index (κ2) is 6.80. The molecule has 1 aliphatic carbocycles. The third-order valence-electron chi connectivity index (χ3n) is 5.71. The summed E-state index contributed by atoms with van der Waals surface area (Å²) in [6.07, 6.45) is 1.23. The normalized spacial score (nSPS) is 15.1. The molecule has 3 aromatic rings. The van der Waals surface area contributed by atoms with Crippen LogP contribution in [0.1, 0.15) is 34.7 Å². The molecule has 5 rings (SSSR count). The van der Waals surface area contributed by atoms with E-state index >= 15 is 0 Å². The van der Waals surface area contributed by atoms with Crippen LogP contribution in [0.25, 0.3) is 11.1 Å². The Bertz CT molecular complexity index is 998. The van der Waals surface area contributed by atoms with Gasteiger partial charge in [-0.15, -0.1) is 0 Å². The van der Waals surface area contributed by atoms with Gasteiger partial charge in [-0.2, -0.15) is 5.10 Å². The minimum atomic E-state index is -0.390. The molecule has 2 aromatic carbocycles. The summed E-state index contributed by atoms with van der Waals surface area (Å²) in [6.45, 7) is 0.746. The number of rotatable bonds is 3. The van der Waals surface area contributed by atoms with Crippen molar-refractivity contribution in [1.29, 1.82) is 0 Å². The van der Waals surface area contributed by atoms with Crippen LogP contribution in [0.4, 0.5) is 10.6 Å². The number of anilines is 1. The number of nitrogens with one attached hydrogen (secondary N) is 1. The SMILES string of the molecule is O=C(OCC1c2ccccc2-c2ccccc21)N1CCCc2c1n[nH]c2CO. The molecule has 6 nitrogen and oxygen atoms in total. The molecule has 0 saturated carbocycles. The van der Waals surface area contributed by atoms with Crippen LogP contribution >= 0.6 is 0 Å². The summed E-state index contributed by atoms with van der Waals surface area (Å²) in [4.78, 5) is 14.4. The van der Waals surface area contributed by atoms with E-state index in [4.69, 9.17) is 4.74 Å². The zero-order chi connectivity index (χ0) is 19.1. The predicted octanol–water partition coefficient (Wildman–Crippen LogP) is 3.60. The number of aliphatic hydroxyl groups is 1. The minimum Gasteiger partial charge on any atom is -0.448 e. The minimum absolute atomic E-state index is 0.0350. The highest BCUT2D eigenvalue weighted by Gasteiger charge is 2.32. The predicted molar refractivity (Wildman–Crippen MR) is 105 cm³/mol. The van der Waals surface area contributed by atoms with Crippen molar-refractivity contribution in [3.05, 3.63) is 70.9 Å². The molecule has 2 heterocycles. The van der Waals surface area contributed by atoms with E-state index in [-0.39, 0.29) is 25.2 Å². The monoisotopic (exact) mass is 375 g/mol. The average molecular weight is 375 g/mol. The molecular weight excluding hydrogens is 354 g/mol. The molecule has 0 saturated heterocycles. The van der Waals surface area contributed by atoms with E-state index in [1.807, 2.05) is 24.3 Å². The van der Waals surface area contributed by atoms with Crippen molar-refractivity contribution in [2.75, 3.05) is 18.1 Å². The van der Waals surface area contributed by atoms with Crippen molar-refractivity contribution in [2.45, 2.75) is 25.4 Å². The Balaban J connectivity index is 1.38. The number of carbonyl (C=O) groups is 1. The first-order valence-electron chi connectivity index (χ1n) is 9.57. The van der Waals surface area contributed by atoms with Gasteiger partial charge in [0, 0.05) is 18.0 Å². The van der Waals surface area contributed by atoms with Crippen molar-refractivity contribution >= 4 is 11.9 Å². The standard InChI is InChI=1S/C22H21N3O3/c26-12-20-18-10-5-11-25(21(18)24-23-20)22(27)28-13-19-16-8-3-1-6-14(16)15-7-2-4-9-17(15)19/h1-4,6-9,19,26H,5,10-13H2,(H,23,24). The molecule has 1 amide bonds. The molecule has 1 aromatic heterocycles. The maximum absolute atomic E-state index is 12.8. The van der Waals surface area contributed by atoms with Crippen molar-refractivity contribution < 1.29 is 14.6 Å². The Morgan fingerprint density at radius 3 is 2.50 bits per heavy atom. The number of hydrogen-bond donors (Lipinski definition) is 2. The lowest BCUT2D eigenvalue weighted by molar-refractivity contribution is 0.149. The summed E-state index contributed by atoms with van der Waals surface area (Å²) in [5, 5.41) is 16.5. The van der Waals surface area contributed by atoms with E-state index in [9.17, 15) is 9.90 Å². The molecule has 0 atom stereocenters. The average Bonchev–Trinajstić information content (AvgIpc) is 3.31. The van der Waals surface area contributed by atoms with Gasteiger partial charge in [-0.1, -0.05) is 48.5 Å². The fourth-order valence-electron chi connectivity index (χ4n) is 4.38. The Hall–Kier alpha value is -3.12. The van der Waals surface area contributed by atoms with Crippen LogP contribution in [0.2, 0.25) is 0 Å². The summed E-state index contributed by atoms with van der Waals surface area (Å²) in [5.74, 6) is 0.611. The molecule has 1 aliphatic heterocycles. The third kappa shape index (κ3) is 2.60. The molecule has 0 unspecified atom stereocenters. The number of fused-ring (bicyclic) bond motifs is 4. The zero-order valence-electron chi connectivity index (χ0n) is 15.4. The summed E-state index contributed by atoms with van der Waals surface area (Å²) in [7, 11) is 0. The Morgan fingerprint density at radius 1 is 1.14 bits per heavy atom. The number of ether oxygens (including phenoxy) is 1. The lowest BCUT2D eigenvalue weighted by Crippen LogP contribution is -2.36. The number of H-pyrrole nitrogens is 1. The van der Waals surface area contributed by atoms with Gasteiger partial charge in [0.15, 0.2) is 5.82 Å². The molecule has 0 spiro atoms. The van der Waals surface area contributed by atoms with Gasteiger partial charge in [0.25, 0.3) is 0 Å². The van der Waals surface area contributed by atoms with E-state index in [0.29, 0.717) is 18.1 Å². The van der Waals surface area contributed by atoms with Gasteiger partial charge in [-0.05, 0) is 35.1 Å². The molecule has 2 aliphatic rings. The van der Waals surface area contributed by atoms with Gasteiger partial charge in [0.1, 0.15) is 6.61 Å². The van der Waals surface area contributed by atoms with Crippen LogP contribution < -0.4 is 4.90 Å². The molecule has 0 bridgehead atoms. The Kier molecular flexibility index (Phi) is 4.13. The summed E-state index contributed by atoms with van der Waals surface area (Å²) < 4.78 is 5.75. The smallest absolute Gasteiger partial charge is 0.415 e. The highest BCUT2D eigenvalue weighted by Crippen LogP contribution is 2.44. The largest absolute Gasteiger partial charge is 0.448 e. The van der Waals surface area contributed by atoms with Crippen molar-refractivity contribution in [3.63, 3.8) is 0 Å². The highest BCUT2D eigenvalue weighted by atomic mass is 16.6. The van der Waals surface area contributed by atoms with Crippen LogP contribution in [0.5, 0.6) is 0 Å². The van der Waals surface area contributed by atoms with Gasteiger partial charge in [-0.25, -0.2) is 4.79 Å². The molecule has 0 radical (unpaired) electrons. The number of aromatic amines is 1. The first-order chi connectivity index (χ1) is 13.8. The van der Waals surface area contributed by atoms with Crippen LogP contribution in [0.15, 0.2) is 48.5 Å². The van der Waals surface area contributed by atoms with Crippen LogP contribution in [-0.4, -0.2) is 34.5 Å². The van der Waals surface area contributed by atoms with Crippen LogP contribution in [-0.2, 0) is 17.8 Å². The molecule has 142 valence electrons. The lowest BCUT2D eigenvalue weighted by atomic mass is 9.98. The Labute approximate surface area is 162 Å². The van der Waals surface area contributed by atoms with E-state index < -0.39 is 0 Å². The molecule has 28 heavy (non-hydrogen) atoms. The number of aliphatic hydroxyl groups excluding tert-OH is 1. The third-order valence-corrected chi connectivity index (χ3v) is 5.71.